The zero-order chi connectivity index (χ0) is 11.6. The van der Waals surface area contributed by atoms with Crippen LogP contribution >= 0.6 is 0 Å². The summed E-state index contributed by atoms with van der Waals surface area (Å²) in [5.74, 6) is 1.17. The van der Waals surface area contributed by atoms with Crippen molar-refractivity contribution in [2.24, 2.45) is 5.73 Å². The largest absolute Gasteiger partial charge is 0.333 e. The average molecular weight is 222 g/mol. The fourth-order valence-electron chi connectivity index (χ4n) is 2.56. The first-order valence-electron chi connectivity index (χ1n) is 6.15. The van der Waals surface area contributed by atoms with Gasteiger partial charge in [-0.2, -0.15) is 0 Å². The van der Waals surface area contributed by atoms with Crippen LogP contribution in [-0.2, 0) is 13.1 Å². The highest BCUT2D eigenvalue weighted by Gasteiger charge is 2.32. The van der Waals surface area contributed by atoms with E-state index in [1.54, 1.807) is 0 Å². The summed E-state index contributed by atoms with van der Waals surface area (Å²) >= 11 is 0. The molecule has 0 bridgehead atoms. The zero-order valence-corrected chi connectivity index (χ0v) is 10.3. The van der Waals surface area contributed by atoms with Crippen molar-refractivity contribution >= 4 is 0 Å². The fraction of sp³-hybridized carbons (Fsp3) is 0.750. The quantitative estimate of drug-likeness (QED) is 0.833. The summed E-state index contributed by atoms with van der Waals surface area (Å²) in [4.78, 5) is 6.88. The van der Waals surface area contributed by atoms with Crippen LogP contribution in [0.2, 0.25) is 0 Å². The summed E-state index contributed by atoms with van der Waals surface area (Å²) in [7, 11) is 0. The van der Waals surface area contributed by atoms with Gasteiger partial charge < -0.3 is 10.3 Å². The van der Waals surface area contributed by atoms with Gasteiger partial charge in [-0.15, -0.1) is 0 Å². The van der Waals surface area contributed by atoms with Crippen LogP contribution < -0.4 is 5.73 Å². The van der Waals surface area contributed by atoms with Crippen molar-refractivity contribution in [2.75, 3.05) is 13.1 Å². The molecule has 0 aliphatic carbocycles. The summed E-state index contributed by atoms with van der Waals surface area (Å²) in [5.41, 5.74) is 6.08. The van der Waals surface area contributed by atoms with Gasteiger partial charge in [-0.05, 0) is 13.3 Å². The molecule has 16 heavy (non-hydrogen) atoms. The zero-order valence-electron chi connectivity index (χ0n) is 10.3. The van der Waals surface area contributed by atoms with E-state index in [9.17, 15) is 0 Å². The number of imidazole rings is 1. The van der Waals surface area contributed by atoms with Crippen molar-refractivity contribution in [1.82, 2.24) is 14.5 Å². The van der Waals surface area contributed by atoms with E-state index in [4.69, 9.17) is 5.73 Å². The second-order valence-electron chi connectivity index (χ2n) is 4.91. The molecule has 0 amide bonds. The molecule has 1 aromatic rings. The minimum Gasteiger partial charge on any atom is -0.333 e. The molecule has 0 fully saturated rings. The Morgan fingerprint density at radius 1 is 1.50 bits per heavy atom. The summed E-state index contributed by atoms with van der Waals surface area (Å²) in [6.07, 6.45) is 6.29. The Morgan fingerprint density at radius 2 is 2.31 bits per heavy atom. The van der Waals surface area contributed by atoms with Crippen molar-refractivity contribution in [3.05, 3.63) is 18.2 Å². The topological polar surface area (TPSA) is 47.1 Å². The third kappa shape index (κ3) is 1.99. The van der Waals surface area contributed by atoms with Gasteiger partial charge in [0.05, 0.1) is 6.54 Å². The molecule has 1 unspecified atom stereocenters. The average Bonchev–Trinajstić information content (AvgIpc) is 2.76. The molecular weight excluding hydrogens is 200 g/mol. The van der Waals surface area contributed by atoms with E-state index >= 15 is 0 Å². The maximum atomic E-state index is 5.95. The Morgan fingerprint density at radius 3 is 3.00 bits per heavy atom. The van der Waals surface area contributed by atoms with Gasteiger partial charge in [-0.3, -0.25) is 4.90 Å². The molecule has 0 spiro atoms. The summed E-state index contributed by atoms with van der Waals surface area (Å²) in [6.45, 7) is 8.27. The molecule has 1 aliphatic rings. The highest BCUT2D eigenvalue weighted by Crippen LogP contribution is 2.24. The predicted octanol–water partition coefficient (Wildman–Crippen LogP) is 1.22. The highest BCUT2D eigenvalue weighted by molar-refractivity contribution is 4.99. The van der Waals surface area contributed by atoms with Gasteiger partial charge in [-0.25, -0.2) is 4.98 Å². The van der Waals surface area contributed by atoms with E-state index in [-0.39, 0.29) is 5.54 Å². The third-order valence-corrected chi connectivity index (χ3v) is 3.74. The van der Waals surface area contributed by atoms with Gasteiger partial charge in [0, 0.05) is 37.6 Å². The lowest BCUT2D eigenvalue weighted by atomic mass is 9.93. The maximum absolute atomic E-state index is 5.95. The van der Waals surface area contributed by atoms with Crippen molar-refractivity contribution < 1.29 is 0 Å². The van der Waals surface area contributed by atoms with Gasteiger partial charge in [0.15, 0.2) is 0 Å². The Labute approximate surface area is 97.4 Å². The van der Waals surface area contributed by atoms with Gasteiger partial charge >= 0.3 is 0 Å². The van der Waals surface area contributed by atoms with E-state index < -0.39 is 0 Å². The second-order valence-corrected chi connectivity index (χ2v) is 4.91. The van der Waals surface area contributed by atoms with E-state index in [1.807, 2.05) is 6.20 Å². The summed E-state index contributed by atoms with van der Waals surface area (Å²) in [5, 5.41) is 0. The molecule has 90 valence electrons. The number of fused-ring (bicyclic) bond motifs is 1. The number of rotatable bonds is 4. The number of nitrogens with zero attached hydrogens (tertiary/aromatic N) is 3. The van der Waals surface area contributed by atoms with Gasteiger partial charge in [0.2, 0.25) is 0 Å². The molecule has 0 saturated heterocycles. The van der Waals surface area contributed by atoms with Gasteiger partial charge in [0.1, 0.15) is 5.82 Å². The molecule has 2 heterocycles. The minimum atomic E-state index is 0.131. The first kappa shape index (κ1) is 11.6. The Bertz CT molecular complexity index is 347. The first-order chi connectivity index (χ1) is 7.69. The number of hydrogen-bond acceptors (Lipinski definition) is 3. The van der Waals surface area contributed by atoms with Crippen molar-refractivity contribution in [3.63, 3.8) is 0 Å². The minimum absolute atomic E-state index is 0.131. The fourth-order valence-corrected chi connectivity index (χ4v) is 2.56. The number of nitrogens with two attached hydrogens (primary N) is 1. The van der Waals surface area contributed by atoms with E-state index in [2.05, 4.69) is 34.5 Å². The Hall–Kier alpha value is -0.870. The van der Waals surface area contributed by atoms with Crippen LogP contribution in [0.1, 0.15) is 32.5 Å². The van der Waals surface area contributed by atoms with Crippen LogP contribution in [0.3, 0.4) is 0 Å². The van der Waals surface area contributed by atoms with Crippen molar-refractivity contribution in [2.45, 2.75) is 45.3 Å². The normalized spacial score (nSPS) is 20.4. The van der Waals surface area contributed by atoms with Crippen LogP contribution in [0, 0.1) is 0 Å². The van der Waals surface area contributed by atoms with E-state index in [0.29, 0.717) is 0 Å². The van der Waals surface area contributed by atoms with Crippen LogP contribution in [0.25, 0.3) is 0 Å². The molecule has 1 aliphatic heterocycles. The molecule has 0 saturated carbocycles. The number of aromatic nitrogens is 2. The third-order valence-electron chi connectivity index (χ3n) is 3.74. The molecule has 2 rings (SSSR count). The lowest BCUT2D eigenvalue weighted by Gasteiger charge is -2.42. The van der Waals surface area contributed by atoms with Crippen LogP contribution in [0.5, 0.6) is 0 Å². The molecule has 0 aromatic carbocycles. The van der Waals surface area contributed by atoms with Crippen LogP contribution in [-0.4, -0.2) is 33.1 Å². The van der Waals surface area contributed by atoms with Gasteiger partial charge in [0.25, 0.3) is 0 Å². The molecule has 2 N–H and O–H groups in total. The van der Waals surface area contributed by atoms with Crippen LogP contribution in [0.15, 0.2) is 12.4 Å². The highest BCUT2D eigenvalue weighted by atomic mass is 15.3. The molecular formula is C12H22N4. The van der Waals surface area contributed by atoms with E-state index in [1.165, 1.54) is 12.2 Å². The van der Waals surface area contributed by atoms with Gasteiger partial charge in [-0.1, -0.05) is 13.3 Å². The lowest BCUT2D eigenvalue weighted by molar-refractivity contribution is 0.0694. The summed E-state index contributed by atoms with van der Waals surface area (Å²) < 4.78 is 2.24. The van der Waals surface area contributed by atoms with Crippen LogP contribution in [0.4, 0.5) is 0 Å². The van der Waals surface area contributed by atoms with E-state index in [0.717, 1.165) is 32.6 Å². The predicted molar refractivity (Wildman–Crippen MR) is 65.0 cm³/mol. The Balaban J connectivity index is 2.12. The maximum Gasteiger partial charge on any atom is 0.122 e. The molecule has 0 radical (unpaired) electrons. The Kier molecular flexibility index (Phi) is 3.30. The smallest absolute Gasteiger partial charge is 0.122 e. The standard InChI is InChI=1S/C12H22N4/c1-3-4-12(2,10-13)16-8-7-15-6-5-14-11(15)9-16/h5-6H,3-4,7-10,13H2,1-2H3. The molecule has 4 heteroatoms. The van der Waals surface area contributed by atoms with Crippen molar-refractivity contribution in [1.29, 1.82) is 0 Å². The monoisotopic (exact) mass is 222 g/mol. The summed E-state index contributed by atoms with van der Waals surface area (Å²) in [6, 6.07) is 0. The number of hydrogen-bond donors (Lipinski definition) is 1. The SMILES string of the molecule is CCCC(C)(CN)N1CCn2ccnc2C1. The molecule has 1 atom stereocenters. The molecule has 1 aromatic heterocycles. The second kappa shape index (κ2) is 4.55. The molecule has 4 nitrogen and oxygen atoms in total. The first-order valence-corrected chi connectivity index (χ1v) is 6.15. The lowest BCUT2D eigenvalue weighted by Crippen LogP contribution is -2.54. The van der Waals surface area contributed by atoms with Crippen molar-refractivity contribution in [3.8, 4) is 0 Å².